The minimum absolute atomic E-state index is 0.0666. The first-order valence-corrected chi connectivity index (χ1v) is 9.21. The van der Waals surface area contributed by atoms with Crippen molar-refractivity contribution in [3.05, 3.63) is 82.8 Å². The van der Waals surface area contributed by atoms with Crippen molar-refractivity contribution in [2.24, 2.45) is 7.05 Å². The van der Waals surface area contributed by atoms with E-state index in [-0.39, 0.29) is 33.6 Å². The van der Waals surface area contributed by atoms with Gasteiger partial charge in [0.25, 0.3) is 11.5 Å². The highest BCUT2D eigenvalue weighted by Gasteiger charge is 2.18. The fourth-order valence-electron chi connectivity index (χ4n) is 3.17. The lowest BCUT2D eigenvalue weighted by molar-refractivity contribution is -0.0498. The van der Waals surface area contributed by atoms with Crippen molar-refractivity contribution in [3.63, 3.8) is 0 Å². The highest BCUT2D eigenvalue weighted by Crippen LogP contribution is 2.25. The Morgan fingerprint density at radius 3 is 2.65 bits per heavy atom. The first kappa shape index (κ1) is 20.1. The van der Waals surface area contributed by atoms with Crippen molar-refractivity contribution in [2.45, 2.75) is 6.61 Å². The van der Waals surface area contributed by atoms with E-state index in [9.17, 15) is 18.4 Å². The highest BCUT2D eigenvalue weighted by atomic mass is 19.3. The number of aromatic nitrogens is 3. The number of carbonyl (C=O) groups is 1. The maximum Gasteiger partial charge on any atom is 0.387 e. The summed E-state index contributed by atoms with van der Waals surface area (Å²) in [4.78, 5) is 34.4. The number of halogens is 2. The molecule has 0 fully saturated rings. The van der Waals surface area contributed by atoms with Gasteiger partial charge in [0.15, 0.2) is 0 Å². The molecular weight excluding hydrogens is 406 g/mol. The molecule has 156 valence electrons. The van der Waals surface area contributed by atoms with Crippen molar-refractivity contribution in [3.8, 4) is 17.1 Å². The monoisotopic (exact) mass is 422 g/mol. The zero-order chi connectivity index (χ0) is 22.0. The number of fused-ring (bicyclic) bond motifs is 1. The number of pyridine rings is 1. The summed E-state index contributed by atoms with van der Waals surface area (Å²) in [7, 11) is 1.52. The molecule has 0 saturated carbocycles. The zero-order valence-electron chi connectivity index (χ0n) is 16.3. The van der Waals surface area contributed by atoms with E-state index in [4.69, 9.17) is 0 Å². The van der Waals surface area contributed by atoms with Gasteiger partial charge in [0.05, 0.1) is 16.5 Å². The van der Waals surface area contributed by atoms with E-state index in [0.717, 1.165) is 0 Å². The Hall–Kier alpha value is -4.14. The van der Waals surface area contributed by atoms with E-state index < -0.39 is 12.5 Å². The Bertz CT molecular complexity index is 1320. The fraction of sp³-hybridized carbons (Fsp3) is 0.0909. The number of nitrogens with one attached hydrogen (secondary N) is 1. The Balaban J connectivity index is 1.84. The number of amides is 1. The van der Waals surface area contributed by atoms with Gasteiger partial charge in [0.1, 0.15) is 17.4 Å². The lowest BCUT2D eigenvalue weighted by Crippen LogP contribution is -2.22. The number of anilines is 1. The van der Waals surface area contributed by atoms with E-state index in [1.54, 1.807) is 48.7 Å². The minimum atomic E-state index is -2.98. The number of ether oxygens (including phenoxy) is 1. The molecule has 0 bridgehead atoms. The van der Waals surface area contributed by atoms with E-state index in [0.29, 0.717) is 11.4 Å². The molecule has 0 saturated heterocycles. The lowest BCUT2D eigenvalue weighted by Gasteiger charge is -2.13. The van der Waals surface area contributed by atoms with Gasteiger partial charge < -0.3 is 10.1 Å². The van der Waals surface area contributed by atoms with Crippen molar-refractivity contribution < 1.29 is 18.3 Å². The van der Waals surface area contributed by atoms with Gasteiger partial charge in [-0.15, -0.1) is 0 Å². The second-order valence-electron chi connectivity index (χ2n) is 6.58. The first-order valence-electron chi connectivity index (χ1n) is 9.21. The predicted molar refractivity (Wildman–Crippen MR) is 111 cm³/mol. The van der Waals surface area contributed by atoms with Gasteiger partial charge in [-0.25, -0.2) is 9.97 Å². The molecule has 0 aliphatic carbocycles. The second kappa shape index (κ2) is 8.31. The normalized spacial score (nSPS) is 11.0. The number of benzene rings is 2. The molecule has 0 atom stereocenters. The van der Waals surface area contributed by atoms with Gasteiger partial charge >= 0.3 is 6.61 Å². The molecule has 0 spiro atoms. The van der Waals surface area contributed by atoms with Crippen LogP contribution in [0.2, 0.25) is 0 Å². The van der Waals surface area contributed by atoms with Crippen LogP contribution in [-0.2, 0) is 7.05 Å². The molecule has 4 rings (SSSR count). The van der Waals surface area contributed by atoms with Crippen LogP contribution in [0.4, 0.5) is 14.6 Å². The highest BCUT2D eigenvalue weighted by molar-refractivity contribution is 6.11. The topological polar surface area (TPSA) is 86.1 Å². The Morgan fingerprint density at radius 2 is 1.90 bits per heavy atom. The summed E-state index contributed by atoms with van der Waals surface area (Å²) in [6.07, 6.45) is 1.54. The average Bonchev–Trinajstić information content (AvgIpc) is 2.76. The maximum atomic E-state index is 12.9. The van der Waals surface area contributed by atoms with Crippen LogP contribution in [-0.4, -0.2) is 27.1 Å². The molecule has 0 unspecified atom stereocenters. The van der Waals surface area contributed by atoms with Gasteiger partial charge in [0, 0.05) is 18.8 Å². The molecular formula is C22H16F2N4O3. The molecule has 7 nitrogen and oxygen atoms in total. The average molecular weight is 422 g/mol. The molecule has 0 aliphatic heterocycles. The van der Waals surface area contributed by atoms with Gasteiger partial charge in [0.2, 0.25) is 0 Å². The number of hydrogen-bond acceptors (Lipinski definition) is 5. The Morgan fingerprint density at radius 1 is 1.10 bits per heavy atom. The number of hydrogen-bond donors (Lipinski definition) is 1. The zero-order valence-corrected chi connectivity index (χ0v) is 16.3. The summed E-state index contributed by atoms with van der Waals surface area (Å²) in [5.74, 6) is 0.00882. The summed E-state index contributed by atoms with van der Waals surface area (Å²) in [5.41, 5.74) is 0.378. The predicted octanol–water partition coefficient (Wildman–Crippen LogP) is 3.85. The number of para-hydroxylation sites is 1. The van der Waals surface area contributed by atoms with E-state index >= 15 is 0 Å². The summed E-state index contributed by atoms with van der Waals surface area (Å²) < 4.78 is 30.9. The lowest BCUT2D eigenvalue weighted by atomic mass is 10.1. The Kier molecular flexibility index (Phi) is 5.40. The Labute approximate surface area is 175 Å². The molecule has 9 heteroatoms. The van der Waals surface area contributed by atoms with Gasteiger partial charge in [-0.05, 0) is 36.4 Å². The van der Waals surface area contributed by atoms with Crippen molar-refractivity contribution in [1.82, 2.24) is 14.5 Å². The smallest absolute Gasteiger partial charge is 0.387 e. The maximum absolute atomic E-state index is 12.9. The van der Waals surface area contributed by atoms with E-state index in [1.807, 2.05) is 0 Å². The van der Waals surface area contributed by atoms with Crippen LogP contribution < -0.4 is 15.6 Å². The van der Waals surface area contributed by atoms with E-state index in [1.165, 1.54) is 29.8 Å². The fourth-order valence-corrected chi connectivity index (χ4v) is 3.17. The number of carbonyl (C=O) groups excluding carboxylic acids is 1. The molecule has 4 aromatic rings. The first-order chi connectivity index (χ1) is 14.9. The molecule has 0 radical (unpaired) electrons. The third-order valence-electron chi connectivity index (χ3n) is 4.58. The molecule has 2 heterocycles. The van der Waals surface area contributed by atoms with Crippen molar-refractivity contribution >= 4 is 22.6 Å². The third-order valence-corrected chi connectivity index (χ3v) is 4.58. The van der Waals surface area contributed by atoms with Crippen LogP contribution in [0, 0.1) is 0 Å². The van der Waals surface area contributed by atoms with Gasteiger partial charge in [-0.1, -0.05) is 24.3 Å². The molecule has 1 N–H and O–H groups in total. The van der Waals surface area contributed by atoms with Gasteiger partial charge in [-0.3, -0.25) is 14.2 Å². The number of rotatable bonds is 5. The van der Waals surface area contributed by atoms with Crippen molar-refractivity contribution in [1.29, 1.82) is 0 Å². The SMILES string of the molecule is Cn1c(-c2cccc(OC(F)F)c2)nc2c(C(=O)Nc3ccccn3)cccc2c1=O. The van der Waals surface area contributed by atoms with Crippen molar-refractivity contribution in [2.75, 3.05) is 5.32 Å². The molecule has 1 amide bonds. The molecule has 31 heavy (non-hydrogen) atoms. The minimum Gasteiger partial charge on any atom is -0.435 e. The number of alkyl halides is 2. The summed E-state index contributed by atoms with van der Waals surface area (Å²) in [5, 5.41) is 2.92. The van der Waals surface area contributed by atoms with Crippen LogP contribution in [0.25, 0.3) is 22.3 Å². The largest absolute Gasteiger partial charge is 0.435 e. The second-order valence-corrected chi connectivity index (χ2v) is 6.58. The van der Waals surface area contributed by atoms with E-state index in [2.05, 4.69) is 20.0 Å². The standard InChI is InChI=1S/C22H16F2N4O3/c1-28-19(13-6-4-7-14(12-13)31-22(23)24)27-18-15(8-5-9-16(18)21(28)30)20(29)26-17-10-2-3-11-25-17/h2-12,22H,1H3,(H,25,26,29). The molecule has 0 aliphatic rings. The summed E-state index contributed by atoms with van der Waals surface area (Å²) in [6.45, 7) is -2.98. The quantitative estimate of drug-likeness (QED) is 0.528. The molecule has 2 aromatic heterocycles. The van der Waals surface area contributed by atoms with Crippen LogP contribution in [0.15, 0.2) is 71.7 Å². The van der Waals surface area contributed by atoms with Crippen LogP contribution in [0.3, 0.4) is 0 Å². The number of nitrogens with zero attached hydrogens (tertiary/aromatic N) is 3. The van der Waals surface area contributed by atoms with Crippen LogP contribution >= 0.6 is 0 Å². The van der Waals surface area contributed by atoms with Crippen LogP contribution in [0.1, 0.15) is 10.4 Å². The third kappa shape index (κ3) is 4.11. The summed E-state index contributed by atoms with van der Waals surface area (Å²) >= 11 is 0. The molecule has 2 aromatic carbocycles. The van der Waals surface area contributed by atoms with Crippen LogP contribution in [0.5, 0.6) is 5.75 Å². The van der Waals surface area contributed by atoms with Gasteiger partial charge in [-0.2, -0.15) is 8.78 Å². The summed E-state index contributed by atoms with van der Waals surface area (Å²) in [6, 6.07) is 15.7.